The quantitative estimate of drug-likeness (QED) is 0.846. The lowest BCUT2D eigenvalue weighted by molar-refractivity contribution is -0.121. The molecule has 0 saturated carbocycles. The van der Waals surface area contributed by atoms with Gasteiger partial charge in [-0.25, -0.2) is 4.98 Å². The number of benzene rings is 1. The minimum atomic E-state index is -0.0372. The van der Waals surface area contributed by atoms with E-state index in [0.29, 0.717) is 12.8 Å². The van der Waals surface area contributed by atoms with Crippen molar-refractivity contribution in [3.8, 4) is 0 Å². The summed E-state index contributed by atoms with van der Waals surface area (Å²) >= 11 is 0. The second kappa shape index (κ2) is 6.00. The number of amides is 1. The molecule has 0 fully saturated rings. The van der Waals surface area contributed by atoms with Crippen LogP contribution in [0.15, 0.2) is 42.7 Å². The predicted octanol–water partition coefficient (Wildman–Crippen LogP) is 2.22. The molecular formula is C14H17N3O. The molecule has 0 aliphatic rings. The molecule has 1 atom stereocenters. The molecule has 2 N–H and O–H groups in total. The molecule has 0 unspecified atom stereocenters. The number of nitrogens with zero attached hydrogens (tertiary/aromatic N) is 1. The van der Waals surface area contributed by atoms with Gasteiger partial charge >= 0.3 is 0 Å². The second-order valence-electron chi connectivity index (χ2n) is 4.12. The fourth-order valence-corrected chi connectivity index (χ4v) is 1.84. The zero-order chi connectivity index (χ0) is 12.8. The summed E-state index contributed by atoms with van der Waals surface area (Å²) in [6.45, 7) is 1.85. The van der Waals surface area contributed by atoms with E-state index < -0.39 is 0 Å². The number of hydrogen-bond acceptors (Lipinski definition) is 2. The third kappa shape index (κ3) is 3.20. The van der Waals surface area contributed by atoms with Gasteiger partial charge in [-0.15, -0.1) is 0 Å². The Labute approximate surface area is 106 Å². The van der Waals surface area contributed by atoms with E-state index >= 15 is 0 Å². The monoisotopic (exact) mass is 243 g/mol. The molecule has 18 heavy (non-hydrogen) atoms. The molecule has 0 saturated heterocycles. The standard InChI is InChI=1S/C14H17N3O/c1-2-14(18)17-12(10-13-15-8-9-16-13)11-6-4-3-5-7-11/h3-9,12H,2,10H2,1H3,(H,15,16)(H,17,18)/t12-/m0/s1. The van der Waals surface area contributed by atoms with Crippen LogP contribution >= 0.6 is 0 Å². The second-order valence-corrected chi connectivity index (χ2v) is 4.12. The van der Waals surface area contributed by atoms with Crippen LogP contribution in [0.2, 0.25) is 0 Å². The lowest BCUT2D eigenvalue weighted by atomic mass is 10.0. The van der Waals surface area contributed by atoms with Crippen LogP contribution in [-0.2, 0) is 11.2 Å². The SMILES string of the molecule is CCC(=O)N[C@@H](Cc1ncc[nH]1)c1ccccc1. The molecular weight excluding hydrogens is 226 g/mol. The molecule has 0 aliphatic carbocycles. The van der Waals surface area contributed by atoms with Crippen molar-refractivity contribution in [2.45, 2.75) is 25.8 Å². The normalized spacial score (nSPS) is 12.1. The average molecular weight is 243 g/mol. The predicted molar refractivity (Wildman–Crippen MR) is 69.9 cm³/mol. The van der Waals surface area contributed by atoms with Crippen LogP contribution in [0.4, 0.5) is 0 Å². The van der Waals surface area contributed by atoms with Crippen molar-refractivity contribution in [2.75, 3.05) is 0 Å². The van der Waals surface area contributed by atoms with E-state index in [2.05, 4.69) is 15.3 Å². The van der Waals surface area contributed by atoms with E-state index in [9.17, 15) is 4.79 Å². The first-order valence-corrected chi connectivity index (χ1v) is 6.12. The summed E-state index contributed by atoms with van der Waals surface area (Å²) in [5, 5.41) is 3.02. The third-order valence-electron chi connectivity index (χ3n) is 2.81. The Morgan fingerprint density at radius 2 is 2.17 bits per heavy atom. The fraction of sp³-hybridized carbons (Fsp3) is 0.286. The van der Waals surface area contributed by atoms with Gasteiger partial charge in [0.2, 0.25) is 5.91 Å². The summed E-state index contributed by atoms with van der Waals surface area (Å²) in [6.07, 6.45) is 4.67. The van der Waals surface area contributed by atoms with Gasteiger partial charge in [0.05, 0.1) is 6.04 Å². The maximum atomic E-state index is 11.6. The van der Waals surface area contributed by atoms with Crippen molar-refractivity contribution in [1.29, 1.82) is 0 Å². The van der Waals surface area contributed by atoms with E-state index in [1.54, 1.807) is 12.4 Å². The first kappa shape index (κ1) is 12.4. The van der Waals surface area contributed by atoms with Gasteiger partial charge < -0.3 is 10.3 Å². The molecule has 2 aromatic rings. The number of imidazole rings is 1. The summed E-state index contributed by atoms with van der Waals surface area (Å²) in [7, 11) is 0. The van der Waals surface area contributed by atoms with Crippen molar-refractivity contribution < 1.29 is 4.79 Å². The molecule has 4 heteroatoms. The van der Waals surface area contributed by atoms with E-state index in [-0.39, 0.29) is 11.9 Å². The van der Waals surface area contributed by atoms with Gasteiger partial charge in [0.15, 0.2) is 0 Å². The molecule has 1 amide bonds. The van der Waals surface area contributed by atoms with Gasteiger partial charge in [0.25, 0.3) is 0 Å². The molecule has 0 spiro atoms. The topological polar surface area (TPSA) is 57.8 Å². The van der Waals surface area contributed by atoms with E-state index in [1.165, 1.54) is 0 Å². The first-order valence-electron chi connectivity index (χ1n) is 6.12. The van der Waals surface area contributed by atoms with Crippen LogP contribution in [0.1, 0.15) is 30.8 Å². The molecule has 2 rings (SSSR count). The first-order chi connectivity index (χ1) is 8.79. The lowest BCUT2D eigenvalue weighted by Crippen LogP contribution is -2.29. The van der Waals surface area contributed by atoms with Gasteiger partial charge in [-0.3, -0.25) is 4.79 Å². The van der Waals surface area contributed by atoms with Crippen LogP contribution in [0, 0.1) is 0 Å². The number of hydrogen-bond donors (Lipinski definition) is 2. The largest absolute Gasteiger partial charge is 0.349 e. The highest BCUT2D eigenvalue weighted by atomic mass is 16.1. The molecule has 0 radical (unpaired) electrons. The highest BCUT2D eigenvalue weighted by molar-refractivity contribution is 5.76. The van der Waals surface area contributed by atoms with Gasteiger partial charge in [-0.2, -0.15) is 0 Å². The Hall–Kier alpha value is -2.10. The van der Waals surface area contributed by atoms with Gasteiger partial charge in [-0.05, 0) is 5.56 Å². The number of nitrogens with one attached hydrogen (secondary N) is 2. The lowest BCUT2D eigenvalue weighted by Gasteiger charge is -2.17. The Bertz CT molecular complexity index is 479. The van der Waals surface area contributed by atoms with Crippen molar-refractivity contribution in [2.24, 2.45) is 0 Å². The highest BCUT2D eigenvalue weighted by Crippen LogP contribution is 2.16. The molecule has 0 aliphatic heterocycles. The Morgan fingerprint density at radius 3 is 2.78 bits per heavy atom. The minimum Gasteiger partial charge on any atom is -0.349 e. The molecule has 1 heterocycles. The number of H-pyrrole nitrogens is 1. The Balaban J connectivity index is 2.15. The van der Waals surface area contributed by atoms with Crippen molar-refractivity contribution in [3.63, 3.8) is 0 Å². The molecule has 1 aromatic heterocycles. The summed E-state index contributed by atoms with van der Waals surface area (Å²) in [4.78, 5) is 18.9. The van der Waals surface area contributed by atoms with Crippen molar-refractivity contribution in [1.82, 2.24) is 15.3 Å². The Kier molecular flexibility index (Phi) is 4.12. The zero-order valence-corrected chi connectivity index (χ0v) is 10.4. The Morgan fingerprint density at radius 1 is 1.39 bits per heavy atom. The molecule has 1 aromatic carbocycles. The number of aromatic nitrogens is 2. The zero-order valence-electron chi connectivity index (χ0n) is 10.4. The van der Waals surface area contributed by atoms with E-state index in [1.807, 2.05) is 37.3 Å². The van der Waals surface area contributed by atoms with Gasteiger partial charge in [0, 0.05) is 25.2 Å². The summed E-state index contributed by atoms with van der Waals surface area (Å²) in [5.41, 5.74) is 1.09. The van der Waals surface area contributed by atoms with Crippen LogP contribution in [-0.4, -0.2) is 15.9 Å². The summed E-state index contributed by atoms with van der Waals surface area (Å²) in [6, 6.07) is 9.91. The number of aromatic amines is 1. The van der Waals surface area contributed by atoms with Crippen LogP contribution in [0.25, 0.3) is 0 Å². The maximum Gasteiger partial charge on any atom is 0.220 e. The molecule has 4 nitrogen and oxygen atoms in total. The smallest absolute Gasteiger partial charge is 0.220 e. The van der Waals surface area contributed by atoms with E-state index in [4.69, 9.17) is 0 Å². The maximum absolute atomic E-state index is 11.6. The van der Waals surface area contributed by atoms with Crippen LogP contribution < -0.4 is 5.32 Å². The molecule has 94 valence electrons. The van der Waals surface area contributed by atoms with E-state index in [0.717, 1.165) is 11.4 Å². The van der Waals surface area contributed by atoms with Gasteiger partial charge in [0.1, 0.15) is 5.82 Å². The van der Waals surface area contributed by atoms with Crippen molar-refractivity contribution >= 4 is 5.91 Å². The van der Waals surface area contributed by atoms with Crippen molar-refractivity contribution in [3.05, 3.63) is 54.1 Å². The highest BCUT2D eigenvalue weighted by Gasteiger charge is 2.15. The average Bonchev–Trinajstić information content (AvgIpc) is 2.92. The number of carbonyl (C=O) groups is 1. The number of carbonyl (C=O) groups excluding carboxylic acids is 1. The van der Waals surface area contributed by atoms with Crippen LogP contribution in [0.5, 0.6) is 0 Å². The number of rotatable bonds is 5. The van der Waals surface area contributed by atoms with Crippen LogP contribution in [0.3, 0.4) is 0 Å². The fourth-order valence-electron chi connectivity index (χ4n) is 1.84. The molecule has 0 bridgehead atoms. The third-order valence-corrected chi connectivity index (χ3v) is 2.81. The summed E-state index contributed by atoms with van der Waals surface area (Å²) < 4.78 is 0. The van der Waals surface area contributed by atoms with Gasteiger partial charge in [-0.1, -0.05) is 37.3 Å². The summed E-state index contributed by atoms with van der Waals surface area (Å²) in [5.74, 6) is 0.927. The minimum absolute atomic E-state index is 0.0372.